The van der Waals surface area contributed by atoms with Crippen LogP contribution in [-0.2, 0) is 23.7 Å². The van der Waals surface area contributed by atoms with Crippen molar-refractivity contribution in [1.82, 2.24) is 10.2 Å². The first-order valence-corrected chi connectivity index (χ1v) is 12.1. The molecule has 0 radical (unpaired) electrons. The van der Waals surface area contributed by atoms with Crippen molar-refractivity contribution in [1.29, 1.82) is 0 Å². The second-order valence-corrected chi connectivity index (χ2v) is 9.46. The summed E-state index contributed by atoms with van der Waals surface area (Å²) in [6.07, 6.45) is 7.62. The van der Waals surface area contributed by atoms with Crippen LogP contribution in [-0.4, -0.2) is 80.8 Å². The number of nitrogens with zero attached hydrogens (tertiary/aromatic N) is 1. The molecule has 0 aromatic carbocycles. The molecule has 8 nitrogen and oxygen atoms in total. The Balaban J connectivity index is 1.66. The summed E-state index contributed by atoms with van der Waals surface area (Å²) in [6.45, 7) is 9.60. The molecule has 0 spiro atoms. The largest absolute Gasteiger partial charge is 0.440 e. The van der Waals surface area contributed by atoms with Gasteiger partial charge in [-0.25, -0.2) is 4.79 Å². The molecule has 3 rings (SSSR count). The molecule has 3 aliphatic rings. The number of alkyl carbamates (subject to hydrolysis) is 1. The van der Waals surface area contributed by atoms with Gasteiger partial charge >= 0.3 is 6.09 Å². The number of fused-ring (bicyclic) bond motifs is 1. The van der Waals surface area contributed by atoms with E-state index in [9.17, 15) is 4.79 Å². The Kier molecular flexibility index (Phi) is 8.99. The molecule has 0 aromatic heterocycles. The fourth-order valence-electron chi connectivity index (χ4n) is 4.85. The Hall–Kier alpha value is -0.930. The van der Waals surface area contributed by atoms with Crippen molar-refractivity contribution in [2.45, 2.75) is 102 Å². The monoisotopic (exact) mass is 442 g/mol. The molecule has 0 aliphatic carbocycles. The van der Waals surface area contributed by atoms with E-state index < -0.39 is 29.9 Å². The normalized spacial score (nSPS) is 32.7. The van der Waals surface area contributed by atoms with E-state index in [1.54, 1.807) is 7.05 Å². The van der Waals surface area contributed by atoms with Crippen LogP contribution in [0.2, 0.25) is 0 Å². The van der Waals surface area contributed by atoms with Crippen LogP contribution < -0.4 is 5.32 Å². The molecule has 1 N–H and O–H groups in total. The molecule has 0 unspecified atom stereocenters. The molecule has 3 saturated heterocycles. The third-order valence-corrected chi connectivity index (χ3v) is 6.31. The van der Waals surface area contributed by atoms with Crippen LogP contribution >= 0.6 is 0 Å². The average molecular weight is 443 g/mol. The predicted octanol–water partition coefficient (Wildman–Crippen LogP) is 3.43. The van der Waals surface area contributed by atoms with Crippen molar-refractivity contribution in [2.24, 2.45) is 0 Å². The SMILES string of the molecule is CCCCCCCOC[C@@]12O[C@@H](CN3CCCCC3)[C@@H](OC(=O)NC)[C@@H]1OC(C)(C)O2. The van der Waals surface area contributed by atoms with E-state index in [-0.39, 0.29) is 12.7 Å². The highest BCUT2D eigenvalue weighted by Crippen LogP contribution is 2.47. The number of likely N-dealkylation sites (tertiary alicyclic amines) is 1. The quantitative estimate of drug-likeness (QED) is 0.491. The van der Waals surface area contributed by atoms with Crippen molar-refractivity contribution in [3.63, 3.8) is 0 Å². The predicted molar refractivity (Wildman–Crippen MR) is 117 cm³/mol. The molecule has 3 aliphatic heterocycles. The molecule has 0 saturated carbocycles. The van der Waals surface area contributed by atoms with Crippen LogP contribution in [0, 0.1) is 0 Å². The van der Waals surface area contributed by atoms with Gasteiger partial charge in [-0.2, -0.15) is 0 Å². The third kappa shape index (κ3) is 6.54. The zero-order valence-corrected chi connectivity index (χ0v) is 19.8. The summed E-state index contributed by atoms with van der Waals surface area (Å²) in [5.41, 5.74) is 0. The maximum atomic E-state index is 12.1. The molecule has 1 amide bonds. The molecular formula is C23H42N2O6. The molecule has 3 fully saturated rings. The minimum Gasteiger partial charge on any atom is -0.440 e. The van der Waals surface area contributed by atoms with Gasteiger partial charge < -0.3 is 33.9 Å². The zero-order chi connectivity index (χ0) is 22.3. The van der Waals surface area contributed by atoms with Crippen LogP contribution in [0.5, 0.6) is 0 Å². The lowest BCUT2D eigenvalue weighted by atomic mass is 10.0. The number of hydrogen-bond donors (Lipinski definition) is 1. The number of amides is 1. The standard InChI is InChI=1S/C23H42N2O6/c1-5-6-7-8-12-15-27-17-23-20(30-22(2,3)31-23)19(28-21(26)24-4)18(29-23)16-25-13-10-9-11-14-25/h18-20H,5-17H2,1-4H3,(H,24,26)/t18-,19+,20-,23-/m0/s1. The number of carbonyl (C=O) groups excluding carboxylic acids is 1. The van der Waals surface area contributed by atoms with Crippen LogP contribution in [0.1, 0.15) is 72.1 Å². The molecule has 3 heterocycles. The van der Waals surface area contributed by atoms with Crippen molar-refractivity contribution in [2.75, 3.05) is 39.9 Å². The highest BCUT2D eigenvalue weighted by atomic mass is 16.9. The topological polar surface area (TPSA) is 78.5 Å². The summed E-state index contributed by atoms with van der Waals surface area (Å²) in [4.78, 5) is 14.5. The first-order chi connectivity index (χ1) is 14.9. The van der Waals surface area contributed by atoms with Gasteiger partial charge in [0.05, 0.1) is 0 Å². The van der Waals surface area contributed by atoms with Gasteiger partial charge in [-0.15, -0.1) is 0 Å². The van der Waals surface area contributed by atoms with E-state index in [2.05, 4.69) is 17.1 Å². The molecular weight excluding hydrogens is 400 g/mol. The maximum Gasteiger partial charge on any atom is 0.407 e. The summed E-state index contributed by atoms with van der Waals surface area (Å²) < 4.78 is 30.7. The van der Waals surface area contributed by atoms with Gasteiger partial charge in [0, 0.05) is 20.2 Å². The van der Waals surface area contributed by atoms with Crippen LogP contribution in [0.15, 0.2) is 0 Å². The zero-order valence-electron chi connectivity index (χ0n) is 19.8. The smallest absolute Gasteiger partial charge is 0.407 e. The van der Waals surface area contributed by atoms with Crippen molar-refractivity contribution in [3.05, 3.63) is 0 Å². The molecule has 0 aromatic rings. The van der Waals surface area contributed by atoms with Crippen LogP contribution in [0.4, 0.5) is 4.79 Å². The lowest BCUT2D eigenvalue weighted by Crippen LogP contribution is -2.47. The summed E-state index contributed by atoms with van der Waals surface area (Å²) >= 11 is 0. The molecule has 0 bridgehead atoms. The van der Waals surface area contributed by atoms with E-state index in [0.29, 0.717) is 13.2 Å². The number of piperidine rings is 1. The second kappa shape index (κ2) is 11.3. The Bertz CT molecular complexity index is 568. The number of unbranched alkanes of at least 4 members (excludes halogenated alkanes) is 4. The molecule has 180 valence electrons. The van der Waals surface area contributed by atoms with Gasteiger partial charge in [0.2, 0.25) is 5.79 Å². The summed E-state index contributed by atoms with van der Waals surface area (Å²) in [7, 11) is 1.56. The van der Waals surface area contributed by atoms with Gasteiger partial charge in [-0.05, 0) is 46.2 Å². The average Bonchev–Trinajstić information content (AvgIpc) is 3.15. The Morgan fingerprint density at radius 1 is 1.10 bits per heavy atom. The fraction of sp³-hybridized carbons (Fsp3) is 0.957. The third-order valence-electron chi connectivity index (χ3n) is 6.31. The second-order valence-electron chi connectivity index (χ2n) is 9.46. The van der Waals surface area contributed by atoms with Gasteiger partial charge in [-0.3, -0.25) is 0 Å². The van der Waals surface area contributed by atoms with Crippen molar-refractivity contribution < 1.29 is 28.5 Å². The van der Waals surface area contributed by atoms with E-state index >= 15 is 0 Å². The van der Waals surface area contributed by atoms with Crippen molar-refractivity contribution in [3.8, 4) is 0 Å². The van der Waals surface area contributed by atoms with Gasteiger partial charge in [0.1, 0.15) is 12.7 Å². The number of ether oxygens (including phenoxy) is 5. The molecule has 31 heavy (non-hydrogen) atoms. The number of hydrogen-bond acceptors (Lipinski definition) is 7. The molecule has 8 heteroatoms. The highest BCUT2D eigenvalue weighted by molar-refractivity contribution is 5.67. The van der Waals surface area contributed by atoms with Crippen molar-refractivity contribution >= 4 is 6.09 Å². The van der Waals surface area contributed by atoms with E-state index in [4.69, 9.17) is 23.7 Å². The van der Waals surface area contributed by atoms with Crippen LogP contribution in [0.25, 0.3) is 0 Å². The fourth-order valence-corrected chi connectivity index (χ4v) is 4.85. The van der Waals surface area contributed by atoms with E-state index in [1.807, 2.05) is 13.8 Å². The van der Waals surface area contributed by atoms with E-state index in [1.165, 1.54) is 38.5 Å². The number of rotatable bonds is 11. The summed E-state index contributed by atoms with van der Waals surface area (Å²) in [5.74, 6) is -1.90. The number of carbonyl (C=O) groups is 1. The minimum atomic E-state index is -1.06. The summed E-state index contributed by atoms with van der Waals surface area (Å²) in [5, 5.41) is 2.55. The Labute approximate surface area is 187 Å². The van der Waals surface area contributed by atoms with Gasteiger partial charge in [-0.1, -0.05) is 39.0 Å². The first kappa shape index (κ1) is 24.7. The maximum absolute atomic E-state index is 12.1. The number of nitrogens with one attached hydrogen (secondary N) is 1. The lowest BCUT2D eigenvalue weighted by molar-refractivity contribution is -0.279. The minimum absolute atomic E-state index is 0.263. The van der Waals surface area contributed by atoms with E-state index in [0.717, 1.165) is 25.9 Å². The highest BCUT2D eigenvalue weighted by Gasteiger charge is 2.66. The Morgan fingerprint density at radius 3 is 2.55 bits per heavy atom. The Morgan fingerprint density at radius 2 is 1.84 bits per heavy atom. The molecule has 4 atom stereocenters. The van der Waals surface area contributed by atoms with Gasteiger partial charge in [0.15, 0.2) is 18.0 Å². The van der Waals surface area contributed by atoms with Gasteiger partial charge in [0.25, 0.3) is 0 Å². The summed E-state index contributed by atoms with van der Waals surface area (Å²) in [6, 6.07) is 0. The van der Waals surface area contributed by atoms with Crippen LogP contribution in [0.3, 0.4) is 0 Å². The lowest BCUT2D eigenvalue weighted by Gasteiger charge is -2.33. The first-order valence-electron chi connectivity index (χ1n) is 12.1.